The molecule has 2 N–H and O–H groups in total. The van der Waals surface area contributed by atoms with Crippen LogP contribution in [0.5, 0.6) is 0 Å². The van der Waals surface area contributed by atoms with Crippen molar-refractivity contribution in [3.63, 3.8) is 0 Å². The van der Waals surface area contributed by atoms with E-state index in [9.17, 15) is 9.90 Å². The standard InChI is InChI=1S/C25H37N5O2/c1-18-13-20(7-10-28(18)17-19-5-3-2-4-6-19)14-21-8-12-30-22(15-21)23(16-26-30)29-11-9-24(31)27-25(29)32/h8,12,15-16,18-20,25,32H,2-7,9-11,13-14,17H2,1H3,(H,27,31)/t18-,20-,25?/m1/s1. The summed E-state index contributed by atoms with van der Waals surface area (Å²) in [6.07, 6.45) is 13.9. The number of fused-ring (bicyclic) bond motifs is 1. The van der Waals surface area contributed by atoms with Crippen LogP contribution in [0.4, 0.5) is 5.69 Å². The van der Waals surface area contributed by atoms with Gasteiger partial charge in [0.05, 0.1) is 17.4 Å². The third-order valence-corrected chi connectivity index (χ3v) is 7.90. The van der Waals surface area contributed by atoms with Crippen molar-refractivity contribution in [3.8, 4) is 0 Å². The van der Waals surface area contributed by atoms with Crippen LogP contribution in [0.15, 0.2) is 24.5 Å². The van der Waals surface area contributed by atoms with Gasteiger partial charge in [-0.1, -0.05) is 19.3 Å². The van der Waals surface area contributed by atoms with Gasteiger partial charge in [0.15, 0.2) is 0 Å². The van der Waals surface area contributed by atoms with Crippen molar-refractivity contribution in [2.24, 2.45) is 11.8 Å². The first kappa shape index (κ1) is 21.7. The maximum Gasteiger partial charge on any atom is 0.225 e. The first-order valence-corrected chi connectivity index (χ1v) is 12.5. The quantitative estimate of drug-likeness (QED) is 0.749. The molecule has 1 amide bonds. The fourth-order valence-corrected chi connectivity index (χ4v) is 6.06. The summed E-state index contributed by atoms with van der Waals surface area (Å²) in [4.78, 5) is 16.1. The van der Waals surface area contributed by atoms with E-state index in [1.54, 1.807) is 6.20 Å². The van der Waals surface area contributed by atoms with Gasteiger partial charge in [-0.15, -0.1) is 0 Å². The van der Waals surface area contributed by atoms with Crippen molar-refractivity contribution < 1.29 is 9.90 Å². The zero-order valence-electron chi connectivity index (χ0n) is 19.2. The van der Waals surface area contributed by atoms with Crippen LogP contribution < -0.4 is 10.2 Å². The minimum atomic E-state index is -0.998. The lowest BCUT2D eigenvalue weighted by Gasteiger charge is -2.40. The third-order valence-electron chi connectivity index (χ3n) is 7.90. The molecule has 174 valence electrons. The topological polar surface area (TPSA) is 73.1 Å². The number of piperidine rings is 1. The molecular formula is C25H37N5O2. The van der Waals surface area contributed by atoms with Crippen molar-refractivity contribution >= 4 is 17.1 Å². The fourth-order valence-electron chi connectivity index (χ4n) is 6.06. The van der Waals surface area contributed by atoms with E-state index < -0.39 is 6.35 Å². The van der Waals surface area contributed by atoms with E-state index in [1.165, 1.54) is 63.6 Å². The molecule has 1 unspecified atom stereocenters. The summed E-state index contributed by atoms with van der Waals surface area (Å²) < 4.78 is 1.86. The van der Waals surface area contributed by atoms with Crippen LogP contribution in [0.2, 0.25) is 0 Å². The SMILES string of the molecule is C[C@@H]1C[C@H](Cc2ccn3ncc(N4CCC(=O)NC4O)c3c2)CCN1CC1CCCCC1. The minimum Gasteiger partial charge on any atom is -0.356 e. The number of likely N-dealkylation sites (tertiary alicyclic amines) is 1. The number of hydrogen-bond acceptors (Lipinski definition) is 5. The lowest BCUT2D eigenvalue weighted by molar-refractivity contribution is -0.125. The zero-order chi connectivity index (χ0) is 22.1. The molecule has 0 radical (unpaired) electrons. The normalized spacial score (nSPS) is 28.2. The molecule has 0 spiro atoms. The number of nitrogens with zero attached hydrogens (tertiary/aromatic N) is 4. The number of aliphatic hydroxyl groups is 1. The van der Waals surface area contributed by atoms with Gasteiger partial charge in [-0.25, -0.2) is 4.52 Å². The predicted octanol–water partition coefficient (Wildman–Crippen LogP) is 3.16. The number of nitrogens with one attached hydrogen (secondary N) is 1. The van der Waals surface area contributed by atoms with Crippen molar-refractivity contribution in [2.75, 3.05) is 24.5 Å². The molecule has 7 nitrogen and oxygen atoms in total. The van der Waals surface area contributed by atoms with Crippen LogP contribution in [0.3, 0.4) is 0 Å². The van der Waals surface area contributed by atoms with Crippen LogP contribution in [0.25, 0.3) is 5.52 Å². The van der Waals surface area contributed by atoms with Crippen molar-refractivity contribution in [2.45, 2.75) is 77.1 Å². The maximum atomic E-state index is 11.6. The highest BCUT2D eigenvalue weighted by atomic mass is 16.3. The van der Waals surface area contributed by atoms with E-state index >= 15 is 0 Å². The van der Waals surface area contributed by atoms with Gasteiger partial charge in [-0.3, -0.25) is 4.79 Å². The van der Waals surface area contributed by atoms with Crippen LogP contribution in [-0.4, -0.2) is 57.6 Å². The van der Waals surface area contributed by atoms with E-state index in [4.69, 9.17) is 0 Å². The molecule has 7 heteroatoms. The molecular weight excluding hydrogens is 402 g/mol. The van der Waals surface area contributed by atoms with Gasteiger partial charge in [0.1, 0.15) is 0 Å². The van der Waals surface area contributed by atoms with Crippen molar-refractivity contribution in [1.82, 2.24) is 19.8 Å². The maximum absolute atomic E-state index is 11.6. The number of pyridine rings is 1. The zero-order valence-corrected chi connectivity index (χ0v) is 19.2. The second-order valence-corrected chi connectivity index (χ2v) is 10.2. The lowest BCUT2D eigenvalue weighted by Crippen LogP contribution is -2.54. The molecule has 0 bridgehead atoms. The Hall–Kier alpha value is -2.12. The largest absolute Gasteiger partial charge is 0.356 e. The minimum absolute atomic E-state index is 0.116. The Morgan fingerprint density at radius 3 is 2.78 bits per heavy atom. The number of carbonyl (C=O) groups excluding carboxylic acids is 1. The van der Waals surface area contributed by atoms with Gasteiger partial charge in [0.25, 0.3) is 0 Å². The Morgan fingerprint density at radius 1 is 1.16 bits per heavy atom. The number of aromatic nitrogens is 2. The Kier molecular flexibility index (Phi) is 6.37. The molecule has 1 aliphatic carbocycles. The lowest BCUT2D eigenvalue weighted by atomic mass is 9.84. The number of carbonyl (C=O) groups is 1. The second-order valence-electron chi connectivity index (χ2n) is 10.2. The summed E-state index contributed by atoms with van der Waals surface area (Å²) in [5.74, 6) is 1.51. The monoisotopic (exact) mass is 439 g/mol. The Morgan fingerprint density at radius 2 is 2.00 bits per heavy atom. The summed E-state index contributed by atoms with van der Waals surface area (Å²) in [6.45, 7) is 5.44. The van der Waals surface area contributed by atoms with Gasteiger partial charge >= 0.3 is 0 Å². The van der Waals surface area contributed by atoms with E-state index in [0.717, 1.165) is 23.5 Å². The Bertz CT molecular complexity index is 938. The molecule has 1 saturated carbocycles. The molecule has 3 fully saturated rings. The average molecular weight is 440 g/mol. The predicted molar refractivity (Wildman–Crippen MR) is 125 cm³/mol. The molecule has 32 heavy (non-hydrogen) atoms. The first-order chi connectivity index (χ1) is 15.6. The summed E-state index contributed by atoms with van der Waals surface area (Å²) in [5.41, 5.74) is 3.18. The smallest absolute Gasteiger partial charge is 0.225 e. The number of amides is 1. The molecule has 4 heterocycles. The molecule has 2 aromatic heterocycles. The Balaban J connectivity index is 1.23. The van der Waals surface area contributed by atoms with Crippen LogP contribution >= 0.6 is 0 Å². The van der Waals surface area contributed by atoms with Crippen LogP contribution in [0.1, 0.15) is 63.9 Å². The van der Waals surface area contributed by atoms with Gasteiger partial charge in [-0.2, -0.15) is 5.10 Å². The summed E-state index contributed by atoms with van der Waals surface area (Å²) in [5, 5.41) is 17.4. The van der Waals surface area contributed by atoms with Crippen molar-refractivity contribution in [1.29, 1.82) is 0 Å². The third kappa shape index (κ3) is 4.64. The van der Waals surface area contributed by atoms with E-state index in [1.807, 2.05) is 15.6 Å². The second kappa shape index (κ2) is 9.40. The molecule has 3 atom stereocenters. The fraction of sp³-hybridized carbons (Fsp3) is 0.680. The molecule has 0 aromatic carbocycles. The molecule has 3 aliphatic rings. The van der Waals surface area contributed by atoms with E-state index in [2.05, 4.69) is 34.4 Å². The Labute approximate surface area is 190 Å². The number of rotatable bonds is 5. The molecule has 5 rings (SSSR count). The highest BCUT2D eigenvalue weighted by molar-refractivity contribution is 5.81. The van der Waals surface area contributed by atoms with Crippen molar-refractivity contribution in [3.05, 3.63) is 30.1 Å². The van der Waals surface area contributed by atoms with E-state index in [-0.39, 0.29) is 5.91 Å². The van der Waals surface area contributed by atoms with Crippen LogP contribution in [-0.2, 0) is 11.2 Å². The summed E-state index contributed by atoms with van der Waals surface area (Å²) >= 11 is 0. The molecule has 2 aliphatic heterocycles. The van der Waals surface area contributed by atoms with E-state index in [0.29, 0.717) is 24.9 Å². The average Bonchev–Trinajstić information content (AvgIpc) is 3.19. The van der Waals surface area contributed by atoms with Gasteiger partial charge < -0.3 is 20.2 Å². The van der Waals surface area contributed by atoms with Gasteiger partial charge in [0, 0.05) is 31.7 Å². The summed E-state index contributed by atoms with van der Waals surface area (Å²) in [7, 11) is 0. The molecule has 2 aromatic rings. The highest BCUT2D eigenvalue weighted by Crippen LogP contribution is 2.31. The van der Waals surface area contributed by atoms with Gasteiger partial charge in [-0.05, 0) is 75.1 Å². The first-order valence-electron chi connectivity index (χ1n) is 12.5. The van der Waals surface area contributed by atoms with Crippen LogP contribution in [0, 0.1) is 11.8 Å². The number of hydrogen-bond donors (Lipinski definition) is 2. The van der Waals surface area contributed by atoms with Gasteiger partial charge in [0.2, 0.25) is 12.3 Å². The number of aliphatic hydroxyl groups excluding tert-OH is 1. The number of anilines is 1. The summed E-state index contributed by atoms with van der Waals surface area (Å²) in [6, 6.07) is 5.05. The highest BCUT2D eigenvalue weighted by Gasteiger charge is 2.29. The molecule has 2 saturated heterocycles.